The monoisotopic (exact) mass is 616 g/mol. The van der Waals surface area contributed by atoms with E-state index in [0.717, 1.165) is 81.2 Å². The van der Waals surface area contributed by atoms with Gasteiger partial charge in [0.1, 0.15) is 23.8 Å². The van der Waals surface area contributed by atoms with Gasteiger partial charge in [0.05, 0.1) is 26.8 Å². The number of rotatable bonds is 5. The number of anilines is 1. The highest BCUT2D eigenvalue weighted by Gasteiger charge is 2.45. The Labute approximate surface area is 248 Å². The van der Waals surface area contributed by atoms with Gasteiger partial charge < -0.3 is 15.0 Å². The molecule has 2 atom stereocenters. The molecule has 0 radical (unpaired) electrons. The lowest BCUT2D eigenvalue weighted by molar-refractivity contribution is -0.137. The summed E-state index contributed by atoms with van der Waals surface area (Å²) in [6.07, 6.45) is 1.09. The van der Waals surface area contributed by atoms with Gasteiger partial charge in [0.15, 0.2) is 5.82 Å². The van der Waals surface area contributed by atoms with Crippen LogP contribution < -0.4 is 15.0 Å². The number of hydrogen-bond acceptors (Lipinski definition) is 8. The molecule has 226 valence electrons. The second-order valence-electron chi connectivity index (χ2n) is 12.2. The molecule has 4 aliphatic rings. The average Bonchev–Trinajstić information content (AvgIpc) is 3.76. The van der Waals surface area contributed by atoms with Crippen LogP contribution >= 0.6 is 11.3 Å². The first-order chi connectivity index (χ1) is 20.7. The molecule has 4 aromatic rings. The molecule has 4 saturated heterocycles. The van der Waals surface area contributed by atoms with E-state index in [2.05, 4.69) is 25.2 Å². The van der Waals surface area contributed by atoms with Gasteiger partial charge in [0, 0.05) is 41.7 Å². The first-order valence-corrected chi connectivity index (χ1v) is 15.6. The van der Waals surface area contributed by atoms with E-state index in [4.69, 9.17) is 4.74 Å². The predicted molar refractivity (Wildman–Crippen MR) is 153 cm³/mol. The zero-order valence-electron chi connectivity index (χ0n) is 23.2. The van der Waals surface area contributed by atoms with Crippen LogP contribution in [0.15, 0.2) is 23.7 Å². The summed E-state index contributed by atoms with van der Waals surface area (Å²) in [5.41, 5.74) is -1.10. The number of fused-ring (bicyclic) bond motifs is 5. The molecule has 2 aromatic heterocycles. The van der Waals surface area contributed by atoms with Crippen molar-refractivity contribution in [3.05, 3.63) is 40.9 Å². The third-order valence-electron chi connectivity index (χ3n) is 9.70. The standard InChI is InChI=1S/C30H29F5N6OS/c31-21-6-5-18(25-26(21)43-15-36-25)22-20(30(33,34)35)11-19-24(23(22)32)38-28(42-14-29-7-1-9-41(29)10-2-8-29)39-27(19)40-12-16-3-4-17(13-40)37-16/h5-6,11,15-17,37H,1-4,7-10,12-14H2. The number of ether oxygens (including phenoxy) is 1. The maximum atomic E-state index is 16.7. The maximum absolute atomic E-state index is 16.7. The minimum Gasteiger partial charge on any atom is -0.461 e. The van der Waals surface area contributed by atoms with Crippen LogP contribution in [0.4, 0.5) is 27.8 Å². The SMILES string of the molecule is Fc1c(-c2ccc(F)c3scnc23)c(C(F)(F)F)cc2c(N3CC4CCC(C3)N4)nc(OCC34CCCN3CCC4)nc12. The molecular weight excluding hydrogens is 587 g/mol. The highest BCUT2D eigenvalue weighted by atomic mass is 32.1. The number of alkyl halides is 3. The molecule has 0 amide bonds. The Morgan fingerprint density at radius 3 is 2.49 bits per heavy atom. The van der Waals surface area contributed by atoms with Crippen molar-refractivity contribution in [2.24, 2.45) is 0 Å². The van der Waals surface area contributed by atoms with Crippen molar-refractivity contribution < 1.29 is 26.7 Å². The van der Waals surface area contributed by atoms with Gasteiger partial charge in [-0.3, -0.25) is 4.90 Å². The largest absolute Gasteiger partial charge is 0.461 e. The fourth-order valence-corrected chi connectivity index (χ4v) is 8.45. The van der Waals surface area contributed by atoms with Gasteiger partial charge in [-0.05, 0) is 69.8 Å². The summed E-state index contributed by atoms with van der Waals surface area (Å²) in [5.74, 6) is -1.55. The van der Waals surface area contributed by atoms with E-state index in [1.807, 2.05) is 4.90 Å². The van der Waals surface area contributed by atoms with Gasteiger partial charge in [-0.15, -0.1) is 11.3 Å². The molecule has 7 nitrogen and oxygen atoms in total. The summed E-state index contributed by atoms with van der Waals surface area (Å²) in [6.45, 7) is 3.39. The second kappa shape index (κ2) is 9.93. The number of hydrogen-bond donors (Lipinski definition) is 1. The lowest BCUT2D eigenvalue weighted by Gasteiger charge is -2.35. The summed E-state index contributed by atoms with van der Waals surface area (Å²) < 4.78 is 81.6. The topological polar surface area (TPSA) is 66.4 Å². The Hall–Kier alpha value is -3.16. The highest BCUT2D eigenvalue weighted by molar-refractivity contribution is 7.16. The molecule has 2 aromatic carbocycles. The van der Waals surface area contributed by atoms with E-state index in [9.17, 15) is 17.6 Å². The van der Waals surface area contributed by atoms with Crippen LogP contribution in [0.25, 0.3) is 32.2 Å². The number of benzene rings is 2. The lowest BCUT2D eigenvalue weighted by atomic mass is 9.95. The highest BCUT2D eigenvalue weighted by Crippen LogP contribution is 2.46. The maximum Gasteiger partial charge on any atom is 0.417 e. The number of nitrogens with zero attached hydrogens (tertiary/aromatic N) is 5. The van der Waals surface area contributed by atoms with Crippen molar-refractivity contribution in [3.63, 3.8) is 0 Å². The Morgan fingerprint density at radius 1 is 1.02 bits per heavy atom. The summed E-state index contributed by atoms with van der Waals surface area (Å²) in [4.78, 5) is 17.5. The van der Waals surface area contributed by atoms with Crippen LogP contribution in [-0.4, -0.2) is 70.3 Å². The molecule has 2 bridgehead atoms. The summed E-state index contributed by atoms with van der Waals surface area (Å²) >= 11 is 0.949. The molecule has 1 N–H and O–H groups in total. The molecule has 13 heteroatoms. The Bertz CT molecular complexity index is 1720. The van der Waals surface area contributed by atoms with E-state index in [0.29, 0.717) is 19.7 Å². The fourth-order valence-electron chi connectivity index (χ4n) is 7.73. The molecule has 43 heavy (non-hydrogen) atoms. The summed E-state index contributed by atoms with van der Waals surface area (Å²) in [5, 5.41) is 3.50. The van der Waals surface area contributed by atoms with Crippen molar-refractivity contribution >= 4 is 38.3 Å². The van der Waals surface area contributed by atoms with Crippen LogP contribution in [0.5, 0.6) is 6.01 Å². The smallest absolute Gasteiger partial charge is 0.417 e. The van der Waals surface area contributed by atoms with Gasteiger partial charge in [0.2, 0.25) is 0 Å². The Kier molecular flexibility index (Phi) is 6.33. The van der Waals surface area contributed by atoms with Crippen LogP contribution in [0.3, 0.4) is 0 Å². The quantitative estimate of drug-likeness (QED) is 0.270. The average molecular weight is 617 g/mol. The van der Waals surface area contributed by atoms with Crippen molar-refractivity contribution in [3.8, 4) is 17.1 Å². The van der Waals surface area contributed by atoms with Gasteiger partial charge >= 0.3 is 12.2 Å². The molecule has 4 aliphatic heterocycles. The molecule has 2 unspecified atom stereocenters. The number of nitrogens with one attached hydrogen (secondary N) is 1. The second-order valence-corrected chi connectivity index (χ2v) is 13.1. The molecular formula is C30H29F5N6OS. The van der Waals surface area contributed by atoms with E-state index in [1.54, 1.807) is 0 Å². The van der Waals surface area contributed by atoms with E-state index in [-0.39, 0.29) is 56.1 Å². The van der Waals surface area contributed by atoms with Gasteiger partial charge in [-0.25, -0.2) is 13.8 Å². The zero-order chi connectivity index (χ0) is 29.5. The minimum absolute atomic E-state index is 0.0274. The number of aromatic nitrogens is 3. The van der Waals surface area contributed by atoms with Crippen LogP contribution in [0.1, 0.15) is 44.1 Å². The number of halogens is 5. The third-order valence-corrected chi connectivity index (χ3v) is 10.5. The lowest BCUT2D eigenvalue weighted by Crippen LogP contribution is -2.51. The molecule has 0 aliphatic carbocycles. The minimum atomic E-state index is -4.91. The molecule has 6 heterocycles. The fraction of sp³-hybridized carbons (Fsp3) is 0.500. The zero-order valence-corrected chi connectivity index (χ0v) is 24.0. The summed E-state index contributed by atoms with van der Waals surface area (Å²) in [6, 6.07) is 3.42. The van der Waals surface area contributed by atoms with Crippen LogP contribution in [0, 0.1) is 11.6 Å². The molecule has 8 rings (SSSR count). The van der Waals surface area contributed by atoms with Gasteiger partial charge in [0.25, 0.3) is 0 Å². The van der Waals surface area contributed by atoms with Crippen molar-refractivity contribution in [2.45, 2.75) is 62.3 Å². The number of piperazine rings is 1. The first-order valence-electron chi connectivity index (χ1n) is 14.7. The predicted octanol–water partition coefficient (Wildman–Crippen LogP) is 6.15. The first kappa shape index (κ1) is 27.4. The number of thiazole rings is 1. The van der Waals surface area contributed by atoms with Gasteiger partial charge in [-0.1, -0.05) is 0 Å². The molecule has 0 saturated carbocycles. The van der Waals surface area contributed by atoms with Gasteiger partial charge in [-0.2, -0.15) is 23.1 Å². The molecule has 4 fully saturated rings. The van der Waals surface area contributed by atoms with Crippen molar-refractivity contribution in [2.75, 3.05) is 37.7 Å². The van der Waals surface area contributed by atoms with E-state index < -0.39 is 28.9 Å². The molecule has 0 spiro atoms. The van der Waals surface area contributed by atoms with Crippen LogP contribution in [-0.2, 0) is 6.18 Å². The van der Waals surface area contributed by atoms with E-state index >= 15 is 4.39 Å². The summed E-state index contributed by atoms with van der Waals surface area (Å²) in [7, 11) is 0. The van der Waals surface area contributed by atoms with E-state index in [1.165, 1.54) is 5.51 Å². The van der Waals surface area contributed by atoms with Crippen molar-refractivity contribution in [1.29, 1.82) is 0 Å². The Morgan fingerprint density at radius 2 is 1.77 bits per heavy atom. The Balaban J connectivity index is 1.32. The van der Waals surface area contributed by atoms with Crippen LogP contribution in [0.2, 0.25) is 0 Å². The third kappa shape index (κ3) is 4.45. The van der Waals surface area contributed by atoms with Crippen molar-refractivity contribution in [1.82, 2.24) is 25.2 Å². The normalized spacial score (nSPS) is 23.5.